The highest BCUT2D eigenvalue weighted by Crippen LogP contribution is 2.33. The predicted octanol–water partition coefficient (Wildman–Crippen LogP) is 1.88. The first-order chi connectivity index (χ1) is 6.07. The summed E-state index contributed by atoms with van der Waals surface area (Å²) in [6.07, 6.45) is 0.248. The average molecular weight is 246 g/mol. The minimum atomic E-state index is -0.729. The van der Waals surface area contributed by atoms with Gasteiger partial charge >= 0.3 is 0 Å². The van der Waals surface area contributed by atoms with Gasteiger partial charge in [-0.15, -0.1) is 0 Å². The van der Waals surface area contributed by atoms with E-state index in [0.717, 1.165) is 0 Å². The number of halogens is 1. The molecule has 1 rings (SSSR count). The lowest BCUT2D eigenvalue weighted by molar-refractivity contribution is -0.385. The molecule has 0 saturated carbocycles. The monoisotopic (exact) mass is 245 g/mol. The van der Waals surface area contributed by atoms with Crippen LogP contribution in [0.4, 0.5) is 5.69 Å². The second-order valence-electron chi connectivity index (χ2n) is 2.20. The van der Waals surface area contributed by atoms with Crippen molar-refractivity contribution in [3.8, 4) is 5.75 Å². The molecular weight excluding hydrogens is 242 g/mol. The lowest BCUT2D eigenvalue weighted by atomic mass is 10.2. The normalized spacial score (nSPS) is 9.62. The van der Waals surface area contributed by atoms with Gasteiger partial charge in [0.25, 0.3) is 5.69 Å². The van der Waals surface area contributed by atoms with Crippen molar-refractivity contribution in [2.45, 2.75) is 0 Å². The Labute approximate surface area is 81.3 Å². The topological polar surface area (TPSA) is 80.4 Å². The molecule has 5 nitrogen and oxygen atoms in total. The Morgan fingerprint density at radius 3 is 2.54 bits per heavy atom. The Morgan fingerprint density at radius 1 is 1.54 bits per heavy atom. The van der Waals surface area contributed by atoms with Crippen molar-refractivity contribution in [2.24, 2.45) is 0 Å². The summed E-state index contributed by atoms with van der Waals surface area (Å²) >= 11 is 2.91. The Balaban J connectivity index is 3.52. The third-order valence-electron chi connectivity index (χ3n) is 1.45. The van der Waals surface area contributed by atoms with Gasteiger partial charge in [0, 0.05) is 0 Å². The number of nitro benzene ring substituents is 1. The SMILES string of the molecule is O=Cc1c(O)ccc(Br)c1[N+](=O)[O-]. The van der Waals surface area contributed by atoms with Crippen LogP contribution in [0.2, 0.25) is 0 Å². The van der Waals surface area contributed by atoms with Gasteiger partial charge in [-0.05, 0) is 28.1 Å². The summed E-state index contributed by atoms with van der Waals surface area (Å²) in [6.45, 7) is 0. The second kappa shape index (κ2) is 3.53. The van der Waals surface area contributed by atoms with Crippen molar-refractivity contribution in [1.82, 2.24) is 0 Å². The zero-order valence-electron chi connectivity index (χ0n) is 6.23. The number of carbonyl (C=O) groups is 1. The van der Waals surface area contributed by atoms with Crippen LogP contribution in [-0.4, -0.2) is 16.3 Å². The number of phenols is 1. The smallest absolute Gasteiger partial charge is 0.297 e. The average Bonchev–Trinajstić information content (AvgIpc) is 2.07. The van der Waals surface area contributed by atoms with E-state index in [1.165, 1.54) is 12.1 Å². The minimum absolute atomic E-state index is 0.164. The van der Waals surface area contributed by atoms with Crippen molar-refractivity contribution >= 4 is 27.9 Å². The first-order valence-corrected chi connectivity index (χ1v) is 3.98. The van der Waals surface area contributed by atoms with Gasteiger partial charge in [0.15, 0.2) is 6.29 Å². The minimum Gasteiger partial charge on any atom is -0.507 e. The molecule has 0 aliphatic carbocycles. The van der Waals surface area contributed by atoms with Gasteiger partial charge in [-0.25, -0.2) is 0 Å². The Hall–Kier alpha value is -1.43. The van der Waals surface area contributed by atoms with Gasteiger partial charge < -0.3 is 5.11 Å². The zero-order valence-corrected chi connectivity index (χ0v) is 7.82. The maximum atomic E-state index is 10.5. The molecule has 0 aliphatic heterocycles. The van der Waals surface area contributed by atoms with Crippen LogP contribution in [0, 0.1) is 10.1 Å². The number of hydrogen-bond acceptors (Lipinski definition) is 4. The number of nitro groups is 1. The fourth-order valence-corrected chi connectivity index (χ4v) is 1.36. The second-order valence-corrected chi connectivity index (χ2v) is 3.06. The molecule has 0 spiro atoms. The van der Waals surface area contributed by atoms with Crippen LogP contribution in [0.3, 0.4) is 0 Å². The third kappa shape index (κ3) is 1.67. The Morgan fingerprint density at radius 2 is 2.15 bits per heavy atom. The summed E-state index contributed by atoms with van der Waals surface area (Å²) in [7, 11) is 0. The summed E-state index contributed by atoms with van der Waals surface area (Å²) in [6, 6.07) is 2.52. The van der Waals surface area contributed by atoms with E-state index in [1.807, 2.05) is 0 Å². The van der Waals surface area contributed by atoms with Crippen molar-refractivity contribution in [2.75, 3.05) is 0 Å². The summed E-state index contributed by atoms with van der Waals surface area (Å²) in [5.74, 6) is -0.398. The molecule has 1 aromatic rings. The summed E-state index contributed by atoms with van der Waals surface area (Å²) in [5, 5.41) is 19.6. The van der Waals surface area contributed by atoms with Gasteiger partial charge in [-0.1, -0.05) is 0 Å². The van der Waals surface area contributed by atoms with Crippen LogP contribution in [0.5, 0.6) is 5.75 Å². The maximum absolute atomic E-state index is 10.5. The van der Waals surface area contributed by atoms with E-state index < -0.39 is 16.4 Å². The molecule has 0 atom stereocenters. The highest BCUT2D eigenvalue weighted by molar-refractivity contribution is 9.10. The van der Waals surface area contributed by atoms with Crippen LogP contribution in [0.15, 0.2) is 16.6 Å². The van der Waals surface area contributed by atoms with Crippen molar-refractivity contribution in [3.05, 3.63) is 32.3 Å². The summed E-state index contributed by atoms with van der Waals surface area (Å²) < 4.78 is 0.164. The number of benzene rings is 1. The molecule has 68 valence electrons. The maximum Gasteiger partial charge on any atom is 0.297 e. The number of aromatic hydroxyl groups is 1. The summed E-state index contributed by atoms with van der Waals surface area (Å²) in [4.78, 5) is 20.2. The fraction of sp³-hybridized carbons (Fsp3) is 0. The van der Waals surface area contributed by atoms with Crippen LogP contribution in [-0.2, 0) is 0 Å². The quantitative estimate of drug-likeness (QED) is 0.490. The molecule has 13 heavy (non-hydrogen) atoms. The van der Waals surface area contributed by atoms with Gasteiger partial charge in [-0.2, -0.15) is 0 Å². The number of aldehydes is 1. The molecule has 0 fully saturated rings. The molecule has 0 heterocycles. The largest absolute Gasteiger partial charge is 0.507 e. The molecule has 0 amide bonds. The van der Waals surface area contributed by atoms with E-state index in [4.69, 9.17) is 5.11 Å². The first kappa shape index (κ1) is 9.66. The molecule has 0 radical (unpaired) electrons. The molecule has 0 aromatic heterocycles. The number of phenolic OH excluding ortho intramolecular Hbond substituents is 1. The van der Waals surface area contributed by atoms with E-state index >= 15 is 0 Å². The molecule has 0 aliphatic rings. The number of carbonyl (C=O) groups excluding carboxylic acids is 1. The Kier molecular flexibility index (Phi) is 2.62. The van der Waals surface area contributed by atoms with Crippen molar-refractivity contribution in [1.29, 1.82) is 0 Å². The molecule has 1 N–H and O–H groups in total. The van der Waals surface area contributed by atoms with Gasteiger partial charge in [0.1, 0.15) is 11.3 Å². The number of hydrogen-bond donors (Lipinski definition) is 1. The highest BCUT2D eigenvalue weighted by atomic mass is 79.9. The molecule has 1 aromatic carbocycles. The molecule has 0 unspecified atom stereocenters. The van der Waals surface area contributed by atoms with Crippen LogP contribution in [0.1, 0.15) is 10.4 Å². The number of nitrogens with zero attached hydrogens (tertiary/aromatic N) is 1. The van der Waals surface area contributed by atoms with E-state index in [0.29, 0.717) is 0 Å². The van der Waals surface area contributed by atoms with E-state index in [2.05, 4.69) is 15.9 Å². The van der Waals surface area contributed by atoms with Gasteiger partial charge in [-0.3, -0.25) is 14.9 Å². The number of rotatable bonds is 2. The molecule has 0 saturated heterocycles. The van der Waals surface area contributed by atoms with E-state index in [1.54, 1.807) is 0 Å². The fourth-order valence-electron chi connectivity index (χ4n) is 0.873. The van der Waals surface area contributed by atoms with Crippen molar-refractivity contribution < 1.29 is 14.8 Å². The lowest BCUT2D eigenvalue weighted by Gasteiger charge is -2.00. The van der Waals surface area contributed by atoms with Crippen molar-refractivity contribution in [3.63, 3.8) is 0 Å². The van der Waals surface area contributed by atoms with Gasteiger partial charge in [0.2, 0.25) is 0 Å². The van der Waals surface area contributed by atoms with E-state index in [9.17, 15) is 14.9 Å². The molecule has 6 heteroatoms. The van der Waals surface area contributed by atoms with Crippen LogP contribution >= 0.6 is 15.9 Å². The summed E-state index contributed by atoms with van der Waals surface area (Å²) in [5.41, 5.74) is -0.741. The first-order valence-electron chi connectivity index (χ1n) is 3.19. The zero-order chi connectivity index (χ0) is 10.0. The molecular formula is C7H4BrNO4. The van der Waals surface area contributed by atoms with Gasteiger partial charge in [0.05, 0.1) is 9.40 Å². The van der Waals surface area contributed by atoms with E-state index in [-0.39, 0.29) is 16.3 Å². The predicted molar refractivity (Wildman–Crippen MR) is 47.8 cm³/mol. The lowest BCUT2D eigenvalue weighted by Crippen LogP contribution is -1.95. The third-order valence-corrected chi connectivity index (χ3v) is 2.09. The molecule has 0 bridgehead atoms. The Bertz CT molecular complexity index is 377. The highest BCUT2D eigenvalue weighted by Gasteiger charge is 2.21. The standard InChI is InChI=1S/C7H4BrNO4/c8-5-1-2-6(11)4(3-10)7(5)9(12)13/h1-3,11H. The van der Waals surface area contributed by atoms with Crippen LogP contribution < -0.4 is 0 Å². The van der Waals surface area contributed by atoms with Crippen LogP contribution in [0.25, 0.3) is 0 Å².